The number of nitrogens with one attached hydrogen (secondary N) is 1. The lowest BCUT2D eigenvalue weighted by atomic mass is 10.0. The number of amides is 2. The smallest absolute Gasteiger partial charge is 0.311 e. The summed E-state index contributed by atoms with van der Waals surface area (Å²) in [5.41, 5.74) is 4.54. The lowest BCUT2D eigenvalue weighted by Gasteiger charge is -2.33. The largest absolute Gasteiger partial charge is 0.379 e. The fourth-order valence-corrected chi connectivity index (χ4v) is 1.85. The summed E-state index contributed by atoms with van der Waals surface area (Å²) in [6.07, 6.45) is 1.31. The second-order valence-corrected chi connectivity index (χ2v) is 4.74. The summed E-state index contributed by atoms with van der Waals surface area (Å²) in [5.74, 6) is 0.808. The molecular weight excluding hydrogens is 218 g/mol. The van der Waals surface area contributed by atoms with Crippen LogP contribution < -0.4 is 11.1 Å². The lowest BCUT2D eigenvalue weighted by Crippen LogP contribution is -2.42. The first kappa shape index (κ1) is 16.2. The second kappa shape index (κ2) is 9.24. The van der Waals surface area contributed by atoms with E-state index in [0.29, 0.717) is 0 Å². The molecule has 1 fully saturated rings. The number of primary amides is 1. The van der Waals surface area contributed by atoms with Gasteiger partial charge in [0.1, 0.15) is 0 Å². The minimum Gasteiger partial charge on any atom is -0.379 e. The van der Waals surface area contributed by atoms with Crippen molar-refractivity contribution in [3.8, 4) is 0 Å². The van der Waals surface area contributed by atoms with Gasteiger partial charge in [-0.1, -0.05) is 13.8 Å². The Bertz CT molecular complexity index is 204. The number of nitrogens with two attached hydrogens (primary N) is 1. The van der Waals surface area contributed by atoms with Crippen LogP contribution in [0.2, 0.25) is 0 Å². The van der Waals surface area contributed by atoms with Crippen LogP contribution in [0.3, 0.4) is 0 Å². The fraction of sp³-hybridized carbons (Fsp3) is 0.917. The molecule has 0 spiro atoms. The summed E-state index contributed by atoms with van der Waals surface area (Å²) >= 11 is 0. The highest BCUT2D eigenvalue weighted by atomic mass is 16.5. The van der Waals surface area contributed by atoms with Gasteiger partial charge in [0.15, 0.2) is 0 Å². The first-order valence-electron chi connectivity index (χ1n) is 6.26. The van der Waals surface area contributed by atoms with E-state index in [2.05, 4.69) is 36.7 Å². The third-order valence-corrected chi connectivity index (χ3v) is 2.73. The van der Waals surface area contributed by atoms with Crippen LogP contribution in [0, 0.1) is 5.92 Å². The molecule has 1 aliphatic rings. The molecule has 1 saturated heterocycles. The normalized spacial score (nSPS) is 18.2. The number of carbonyl (C=O) groups excluding carboxylic acids is 1. The van der Waals surface area contributed by atoms with Crippen LogP contribution >= 0.6 is 0 Å². The first-order chi connectivity index (χ1) is 7.97. The third-order valence-electron chi connectivity index (χ3n) is 2.73. The van der Waals surface area contributed by atoms with Crippen LogP contribution in [-0.4, -0.2) is 50.3 Å². The Morgan fingerprint density at radius 1 is 1.35 bits per heavy atom. The molecular formula is C12H27N3O2. The Hall–Kier alpha value is -0.810. The fourth-order valence-electron chi connectivity index (χ4n) is 1.85. The number of carbonyl (C=O) groups is 1. The summed E-state index contributed by atoms with van der Waals surface area (Å²) in [5, 5.41) is 2.17. The highest BCUT2D eigenvalue weighted by Crippen LogP contribution is 2.12. The van der Waals surface area contributed by atoms with E-state index in [-0.39, 0.29) is 0 Å². The zero-order valence-electron chi connectivity index (χ0n) is 11.5. The summed E-state index contributed by atoms with van der Waals surface area (Å²) < 4.78 is 5.31. The molecule has 5 nitrogen and oxygen atoms in total. The monoisotopic (exact) mass is 245 g/mol. The van der Waals surface area contributed by atoms with Gasteiger partial charge in [0, 0.05) is 26.2 Å². The molecule has 3 N–H and O–H groups in total. The molecule has 1 aliphatic heterocycles. The minimum absolute atomic E-state index is 0.495. The van der Waals surface area contributed by atoms with Crippen molar-refractivity contribution in [2.45, 2.75) is 33.2 Å². The number of hydrogen-bond acceptors (Lipinski definition) is 3. The molecule has 1 rings (SSSR count). The van der Waals surface area contributed by atoms with Gasteiger partial charge in [0.25, 0.3) is 0 Å². The van der Waals surface area contributed by atoms with E-state index in [1.807, 2.05) is 0 Å². The number of hydrogen-bond donors (Lipinski definition) is 2. The Morgan fingerprint density at radius 2 is 1.82 bits per heavy atom. The number of morpholine rings is 1. The molecule has 0 aliphatic carbocycles. The highest BCUT2D eigenvalue weighted by molar-refractivity contribution is 5.71. The van der Waals surface area contributed by atoms with E-state index in [0.717, 1.165) is 38.3 Å². The molecule has 0 radical (unpaired) electrons. The third kappa shape index (κ3) is 8.94. The molecule has 2 amide bonds. The maximum absolute atomic E-state index is 9.48. The SMILES string of the molecule is CC(C)CC(C)N1CCOCC1.CNC(N)=O. The standard InChI is InChI=1S/C10H21NO.C2H6N2O/c1-9(2)8-10(3)11-4-6-12-7-5-11;1-4-2(3)5/h9-10H,4-8H2,1-3H3;1H3,(H3,3,4,5). The summed E-state index contributed by atoms with van der Waals surface area (Å²) in [6.45, 7) is 11.0. The zero-order chi connectivity index (χ0) is 13.3. The molecule has 1 heterocycles. The predicted octanol–water partition coefficient (Wildman–Crippen LogP) is 1.04. The number of nitrogens with zero attached hydrogens (tertiary/aromatic N) is 1. The lowest BCUT2D eigenvalue weighted by molar-refractivity contribution is 0.0163. The molecule has 0 aromatic rings. The van der Waals surface area contributed by atoms with Crippen molar-refractivity contribution in [2.24, 2.45) is 11.7 Å². The van der Waals surface area contributed by atoms with Crippen molar-refractivity contribution in [1.82, 2.24) is 10.2 Å². The van der Waals surface area contributed by atoms with Gasteiger partial charge in [-0.15, -0.1) is 0 Å². The van der Waals surface area contributed by atoms with Crippen LogP contribution in [0.5, 0.6) is 0 Å². The van der Waals surface area contributed by atoms with Crippen LogP contribution in [0.25, 0.3) is 0 Å². The molecule has 1 unspecified atom stereocenters. The molecule has 5 heteroatoms. The van der Waals surface area contributed by atoms with Gasteiger partial charge in [-0.25, -0.2) is 4.79 Å². The van der Waals surface area contributed by atoms with Gasteiger partial charge in [-0.2, -0.15) is 0 Å². The molecule has 17 heavy (non-hydrogen) atoms. The first-order valence-corrected chi connectivity index (χ1v) is 6.26. The molecule has 0 aromatic carbocycles. The molecule has 0 saturated carbocycles. The molecule has 0 bridgehead atoms. The van der Waals surface area contributed by atoms with E-state index < -0.39 is 6.03 Å². The molecule has 1 atom stereocenters. The van der Waals surface area contributed by atoms with Crippen molar-refractivity contribution < 1.29 is 9.53 Å². The van der Waals surface area contributed by atoms with Crippen LogP contribution in [0.15, 0.2) is 0 Å². The average molecular weight is 245 g/mol. The van der Waals surface area contributed by atoms with Crippen LogP contribution in [0.4, 0.5) is 4.79 Å². The van der Waals surface area contributed by atoms with Crippen molar-refractivity contribution in [2.75, 3.05) is 33.4 Å². The zero-order valence-corrected chi connectivity index (χ0v) is 11.5. The Balaban J connectivity index is 0.000000437. The van der Waals surface area contributed by atoms with Crippen LogP contribution in [-0.2, 0) is 4.74 Å². The van der Waals surface area contributed by atoms with Gasteiger partial charge in [-0.05, 0) is 19.3 Å². The average Bonchev–Trinajstić information content (AvgIpc) is 2.30. The Labute approximate surface area is 105 Å². The maximum Gasteiger partial charge on any atom is 0.311 e. The summed E-state index contributed by atoms with van der Waals surface area (Å²) in [6, 6.07) is 0.235. The topological polar surface area (TPSA) is 67.6 Å². The Morgan fingerprint density at radius 3 is 2.18 bits per heavy atom. The number of rotatable bonds is 3. The summed E-state index contributed by atoms with van der Waals surface area (Å²) in [4.78, 5) is 12.0. The van der Waals surface area contributed by atoms with E-state index in [4.69, 9.17) is 4.74 Å². The quantitative estimate of drug-likeness (QED) is 0.780. The van der Waals surface area contributed by atoms with Gasteiger partial charge in [-0.3, -0.25) is 4.90 Å². The van der Waals surface area contributed by atoms with E-state index in [9.17, 15) is 4.79 Å². The van der Waals surface area contributed by atoms with E-state index in [1.54, 1.807) is 0 Å². The summed E-state index contributed by atoms with van der Waals surface area (Å²) in [7, 11) is 1.47. The van der Waals surface area contributed by atoms with Gasteiger partial charge >= 0.3 is 6.03 Å². The molecule has 102 valence electrons. The van der Waals surface area contributed by atoms with Gasteiger partial charge in [0.05, 0.1) is 13.2 Å². The van der Waals surface area contributed by atoms with E-state index in [1.165, 1.54) is 13.5 Å². The van der Waals surface area contributed by atoms with Crippen LogP contribution in [0.1, 0.15) is 27.2 Å². The van der Waals surface area contributed by atoms with Gasteiger partial charge < -0.3 is 15.8 Å². The van der Waals surface area contributed by atoms with E-state index >= 15 is 0 Å². The molecule has 0 aromatic heterocycles. The Kier molecular flexibility index (Phi) is 8.80. The van der Waals surface area contributed by atoms with Crippen molar-refractivity contribution in [3.63, 3.8) is 0 Å². The van der Waals surface area contributed by atoms with Crippen molar-refractivity contribution in [3.05, 3.63) is 0 Å². The van der Waals surface area contributed by atoms with Crippen molar-refractivity contribution >= 4 is 6.03 Å². The number of urea groups is 1. The minimum atomic E-state index is -0.495. The second-order valence-electron chi connectivity index (χ2n) is 4.74. The number of ether oxygens (including phenoxy) is 1. The van der Waals surface area contributed by atoms with Gasteiger partial charge in [0.2, 0.25) is 0 Å². The predicted molar refractivity (Wildman–Crippen MR) is 70.0 cm³/mol. The maximum atomic E-state index is 9.48. The van der Waals surface area contributed by atoms with Crippen molar-refractivity contribution in [1.29, 1.82) is 0 Å². The highest BCUT2D eigenvalue weighted by Gasteiger charge is 2.17.